The number of carbonyl (C=O) groups excluding carboxylic acids is 1. The number of thiazole rings is 1. The monoisotopic (exact) mass is 335 g/mol. The van der Waals surface area contributed by atoms with Gasteiger partial charge in [0.2, 0.25) is 5.91 Å². The summed E-state index contributed by atoms with van der Waals surface area (Å²) >= 11 is 1.59. The highest BCUT2D eigenvalue weighted by Gasteiger charge is 2.15. The van der Waals surface area contributed by atoms with Crippen LogP contribution in [0.25, 0.3) is 11.3 Å². The van der Waals surface area contributed by atoms with E-state index in [2.05, 4.69) is 46.1 Å². The second kappa shape index (κ2) is 6.09. The van der Waals surface area contributed by atoms with Crippen LogP contribution in [0.15, 0.2) is 47.8 Å². The molecule has 0 bridgehead atoms. The Labute approximate surface area is 144 Å². The summed E-state index contributed by atoms with van der Waals surface area (Å²) in [7, 11) is 0. The number of benzene rings is 2. The third-order valence-electron chi connectivity index (χ3n) is 4.07. The number of fused-ring (bicyclic) bond motifs is 1. The molecule has 1 aliphatic rings. The molecule has 2 N–H and O–H groups in total. The van der Waals surface area contributed by atoms with Gasteiger partial charge in [-0.3, -0.25) is 4.79 Å². The molecule has 0 saturated heterocycles. The Morgan fingerprint density at radius 2 is 2.08 bits per heavy atom. The summed E-state index contributed by atoms with van der Waals surface area (Å²) in [6.45, 7) is 2.07. The molecular weight excluding hydrogens is 318 g/mol. The summed E-state index contributed by atoms with van der Waals surface area (Å²) in [6.07, 6.45) is 1.33. The first-order valence-electron chi connectivity index (χ1n) is 7.90. The lowest BCUT2D eigenvalue weighted by Gasteiger charge is -2.17. The van der Waals surface area contributed by atoms with Crippen LogP contribution in [0.1, 0.15) is 17.5 Å². The van der Waals surface area contributed by atoms with E-state index in [-0.39, 0.29) is 5.91 Å². The molecule has 0 saturated carbocycles. The van der Waals surface area contributed by atoms with Crippen molar-refractivity contribution in [1.82, 2.24) is 4.98 Å². The van der Waals surface area contributed by atoms with Gasteiger partial charge < -0.3 is 10.6 Å². The first-order chi connectivity index (χ1) is 11.7. The van der Waals surface area contributed by atoms with Gasteiger partial charge in [0, 0.05) is 28.7 Å². The summed E-state index contributed by atoms with van der Waals surface area (Å²) in [5, 5.41) is 9.20. The molecule has 3 aromatic rings. The van der Waals surface area contributed by atoms with Crippen LogP contribution >= 0.6 is 11.3 Å². The van der Waals surface area contributed by atoms with Crippen molar-refractivity contribution >= 4 is 33.8 Å². The molecule has 5 heteroatoms. The number of carbonyl (C=O) groups is 1. The Morgan fingerprint density at radius 3 is 2.96 bits per heavy atom. The van der Waals surface area contributed by atoms with Crippen molar-refractivity contribution in [2.45, 2.75) is 19.8 Å². The number of nitrogens with zero attached hydrogens (tertiary/aromatic N) is 1. The predicted molar refractivity (Wildman–Crippen MR) is 99.0 cm³/mol. The standard InChI is InChI=1S/C19H17N3OS/c1-12-3-2-4-15(9-12)20-19-22-17(11-24-19)14-5-7-16-13(10-14)6-8-18(23)21-16/h2-5,7,9-11H,6,8H2,1H3,(H,20,22)(H,21,23). The van der Waals surface area contributed by atoms with Crippen LogP contribution in [0, 0.1) is 6.92 Å². The van der Waals surface area contributed by atoms with Crippen molar-refractivity contribution in [1.29, 1.82) is 0 Å². The van der Waals surface area contributed by atoms with Crippen molar-refractivity contribution in [3.05, 3.63) is 59.0 Å². The predicted octanol–water partition coefficient (Wildman–Crippen LogP) is 4.75. The number of aryl methyl sites for hydroxylation is 2. The minimum Gasteiger partial charge on any atom is -0.332 e. The molecule has 4 rings (SSSR count). The van der Waals surface area contributed by atoms with Gasteiger partial charge in [-0.25, -0.2) is 4.98 Å². The molecule has 0 aliphatic carbocycles. The number of rotatable bonds is 3. The molecule has 120 valence electrons. The lowest BCUT2D eigenvalue weighted by molar-refractivity contribution is -0.116. The molecule has 24 heavy (non-hydrogen) atoms. The summed E-state index contributed by atoms with van der Waals surface area (Å²) in [6, 6.07) is 14.3. The number of aromatic nitrogens is 1. The molecule has 1 amide bonds. The van der Waals surface area contributed by atoms with E-state index in [1.165, 1.54) is 11.1 Å². The van der Waals surface area contributed by atoms with Gasteiger partial charge in [0.05, 0.1) is 5.69 Å². The third-order valence-corrected chi connectivity index (χ3v) is 4.83. The highest BCUT2D eigenvalue weighted by molar-refractivity contribution is 7.14. The number of amides is 1. The average Bonchev–Trinajstić information content (AvgIpc) is 3.03. The van der Waals surface area contributed by atoms with Gasteiger partial charge in [0.15, 0.2) is 5.13 Å². The van der Waals surface area contributed by atoms with E-state index in [9.17, 15) is 4.79 Å². The lowest BCUT2D eigenvalue weighted by Crippen LogP contribution is -2.18. The number of anilines is 3. The minimum absolute atomic E-state index is 0.0912. The molecule has 1 aliphatic heterocycles. The number of nitrogens with one attached hydrogen (secondary N) is 2. The van der Waals surface area contributed by atoms with E-state index in [1.807, 2.05) is 24.3 Å². The van der Waals surface area contributed by atoms with Crippen molar-refractivity contribution < 1.29 is 4.79 Å². The van der Waals surface area contributed by atoms with E-state index in [0.29, 0.717) is 6.42 Å². The highest BCUT2D eigenvalue weighted by Crippen LogP contribution is 2.31. The molecule has 2 aromatic carbocycles. The van der Waals surface area contributed by atoms with Crippen molar-refractivity contribution in [3.63, 3.8) is 0 Å². The summed E-state index contributed by atoms with van der Waals surface area (Å²) in [5.74, 6) is 0.0912. The van der Waals surface area contributed by atoms with Gasteiger partial charge in [-0.2, -0.15) is 0 Å². The Hall–Kier alpha value is -2.66. The maximum Gasteiger partial charge on any atom is 0.224 e. The van der Waals surface area contributed by atoms with Gasteiger partial charge in [-0.1, -0.05) is 18.2 Å². The molecule has 4 nitrogen and oxygen atoms in total. The van der Waals surface area contributed by atoms with Crippen LogP contribution in [0.4, 0.5) is 16.5 Å². The zero-order valence-electron chi connectivity index (χ0n) is 13.3. The van der Waals surface area contributed by atoms with E-state index in [0.717, 1.165) is 34.2 Å². The Kier molecular flexibility index (Phi) is 3.78. The Bertz CT molecular complexity index is 916. The second-order valence-electron chi connectivity index (χ2n) is 5.95. The number of hydrogen-bond acceptors (Lipinski definition) is 4. The molecule has 0 fully saturated rings. The third kappa shape index (κ3) is 3.03. The van der Waals surface area contributed by atoms with Gasteiger partial charge in [0.25, 0.3) is 0 Å². The maximum absolute atomic E-state index is 11.5. The normalized spacial score (nSPS) is 13.3. The molecular formula is C19H17N3OS. The second-order valence-corrected chi connectivity index (χ2v) is 6.81. The molecule has 0 unspecified atom stereocenters. The first kappa shape index (κ1) is 14.9. The number of hydrogen-bond donors (Lipinski definition) is 2. The van der Waals surface area contributed by atoms with Gasteiger partial charge >= 0.3 is 0 Å². The van der Waals surface area contributed by atoms with E-state index in [4.69, 9.17) is 0 Å². The van der Waals surface area contributed by atoms with Crippen molar-refractivity contribution in [2.75, 3.05) is 10.6 Å². The quantitative estimate of drug-likeness (QED) is 0.726. The molecule has 0 atom stereocenters. The Balaban J connectivity index is 1.57. The van der Waals surface area contributed by atoms with Crippen LogP contribution < -0.4 is 10.6 Å². The van der Waals surface area contributed by atoms with Crippen molar-refractivity contribution in [3.8, 4) is 11.3 Å². The van der Waals surface area contributed by atoms with Crippen LogP contribution in [0.2, 0.25) is 0 Å². The van der Waals surface area contributed by atoms with Gasteiger partial charge in [0.1, 0.15) is 0 Å². The molecule has 1 aromatic heterocycles. The fourth-order valence-electron chi connectivity index (χ4n) is 2.85. The fourth-order valence-corrected chi connectivity index (χ4v) is 3.59. The van der Waals surface area contributed by atoms with Crippen LogP contribution in [0.3, 0.4) is 0 Å². The average molecular weight is 335 g/mol. The van der Waals surface area contributed by atoms with E-state index in [1.54, 1.807) is 11.3 Å². The van der Waals surface area contributed by atoms with Crippen LogP contribution in [-0.4, -0.2) is 10.9 Å². The zero-order valence-corrected chi connectivity index (χ0v) is 14.1. The largest absolute Gasteiger partial charge is 0.332 e. The van der Waals surface area contributed by atoms with Gasteiger partial charge in [-0.05, 0) is 48.7 Å². The summed E-state index contributed by atoms with van der Waals surface area (Å²) < 4.78 is 0. The summed E-state index contributed by atoms with van der Waals surface area (Å²) in [4.78, 5) is 16.1. The maximum atomic E-state index is 11.5. The topological polar surface area (TPSA) is 54.0 Å². The smallest absolute Gasteiger partial charge is 0.224 e. The van der Waals surface area contributed by atoms with Crippen LogP contribution in [-0.2, 0) is 11.2 Å². The van der Waals surface area contributed by atoms with Crippen molar-refractivity contribution in [2.24, 2.45) is 0 Å². The lowest BCUT2D eigenvalue weighted by atomic mass is 9.99. The zero-order chi connectivity index (χ0) is 16.5. The SMILES string of the molecule is Cc1cccc(Nc2nc(-c3ccc4c(c3)CCC(=O)N4)cs2)c1. The molecule has 2 heterocycles. The van der Waals surface area contributed by atoms with Gasteiger partial charge in [-0.15, -0.1) is 11.3 Å². The summed E-state index contributed by atoms with van der Waals surface area (Å²) in [5.41, 5.74) is 6.39. The molecule has 0 spiro atoms. The highest BCUT2D eigenvalue weighted by atomic mass is 32.1. The van der Waals surface area contributed by atoms with E-state index < -0.39 is 0 Å². The minimum atomic E-state index is 0.0912. The Morgan fingerprint density at radius 1 is 1.17 bits per heavy atom. The van der Waals surface area contributed by atoms with Crippen LogP contribution in [0.5, 0.6) is 0 Å². The molecule has 0 radical (unpaired) electrons. The van der Waals surface area contributed by atoms with E-state index >= 15 is 0 Å². The first-order valence-corrected chi connectivity index (χ1v) is 8.78. The fraction of sp³-hybridized carbons (Fsp3) is 0.158.